The van der Waals surface area contributed by atoms with E-state index in [0.29, 0.717) is 21.0 Å². The second kappa shape index (κ2) is 8.07. The van der Waals surface area contributed by atoms with Gasteiger partial charge >= 0.3 is 6.03 Å². The first-order valence-electron chi connectivity index (χ1n) is 7.63. The van der Waals surface area contributed by atoms with Gasteiger partial charge in [-0.2, -0.15) is 0 Å². The van der Waals surface area contributed by atoms with E-state index in [1.807, 2.05) is 0 Å². The number of aromatic nitrogens is 1. The SMILES string of the molecule is COc1ccc(N(C)C(=O)Nc2ncc(Oc3cccc(Cl)c3)s2)cc1. The fourth-order valence-electron chi connectivity index (χ4n) is 2.11. The van der Waals surface area contributed by atoms with E-state index in [2.05, 4.69) is 10.3 Å². The first-order chi connectivity index (χ1) is 12.5. The predicted molar refractivity (Wildman–Crippen MR) is 104 cm³/mol. The van der Waals surface area contributed by atoms with E-state index >= 15 is 0 Å². The number of urea groups is 1. The molecule has 1 aromatic heterocycles. The third-order valence-electron chi connectivity index (χ3n) is 3.48. The van der Waals surface area contributed by atoms with Gasteiger partial charge in [0.1, 0.15) is 11.5 Å². The fourth-order valence-corrected chi connectivity index (χ4v) is 2.97. The number of nitrogens with zero attached hydrogens (tertiary/aromatic N) is 2. The Morgan fingerprint density at radius 2 is 1.96 bits per heavy atom. The number of methoxy groups -OCH3 is 1. The van der Waals surface area contributed by atoms with Gasteiger partial charge in [-0.05, 0) is 42.5 Å². The summed E-state index contributed by atoms with van der Waals surface area (Å²) in [5, 5.41) is 4.32. The highest BCUT2D eigenvalue weighted by atomic mass is 35.5. The average Bonchev–Trinajstić information content (AvgIpc) is 3.08. The molecule has 0 saturated heterocycles. The van der Waals surface area contributed by atoms with Crippen LogP contribution in [0.4, 0.5) is 15.6 Å². The Bertz CT molecular complexity index is 899. The van der Waals surface area contributed by atoms with E-state index in [9.17, 15) is 4.79 Å². The molecule has 0 aliphatic rings. The van der Waals surface area contributed by atoms with Crippen LogP contribution in [0.25, 0.3) is 0 Å². The van der Waals surface area contributed by atoms with Crippen molar-refractivity contribution in [2.24, 2.45) is 0 Å². The molecule has 0 aliphatic heterocycles. The third-order valence-corrected chi connectivity index (χ3v) is 4.50. The molecule has 0 fully saturated rings. The van der Waals surface area contributed by atoms with Crippen LogP contribution in [0.15, 0.2) is 54.7 Å². The summed E-state index contributed by atoms with van der Waals surface area (Å²) < 4.78 is 10.8. The van der Waals surface area contributed by atoms with Crippen LogP contribution in [0.5, 0.6) is 16.6 Å². The first-order valence-corrected chi connectivity index (χ1v) is 8.82. The fraction of sp³-hybridized carbons (Fsp3) is 0.111. The zero-order chi connectivity index (χ0) is 18.5. The van der Waals surface area contributed by atoms with Crippen molar-refractivity contribution in [2.45, 2.75) is 0 Å². The number of amides is 2. The van der Waals surface area contributed by atoms with Crippen molar-refractivity contribution in [1.82, 2.24) is 4.98 Å². The van der Waals surface area contributed by atoms with Gasteiger partial charge in [0.2, 0.25) is 5.06 Å². The van der Waals surface area contributed by atoms with Crippen molar-refractivity contribution in [3.63, 3.8) is 0 Å². The van der Waals surface area contributed by atoms with E-state index in [1.54, 1.807) is 68.9 Å². The Balaban J connectivity index is 1.63. The van der Waals surface area contributed by atoms with Gasteiger partial charge in [-0.3, -0.25) is 10.2 Å². The number of halogens is 1. The summed E-state index contributed by atoms with van der Waals surface area (Å²) in [6.45, 7) is 0. The minimum atomic E-state index is -0.307. The number of anilines is 2. The number of benzene rings is 2. The smallest absolute Gasteiger partial charge is 0.327 e. The van der Waals surface area contributed by atoms with Crippen LogP contribution >= 0.6 is 22.9 Å². The monoisotopic (exact) mass is 389 g/mol. The van der Waals surface area contributed by atoms with E-state index in [0.717, 1.165) is 11.4 Å². The van der Waals surface area contributed by atoms with Gasteiger partial charge in [0.05, 0.1) is 13.3 Å². The molecule has 3 aromatic rings. The zero-order valence-corrected chi connectivity index (χ0v) is 15.7. The molecule has 0 radical (unpaired) electrons. The minimum Gasteiger partial charge on any atom is -0.497 e. The van der Waals surface area contributed by atoms with Gasteiger partial charge < -0.3 is 9.47 Å². The average molecular weight is 390 g/mol. The zero-order valence-electron chi connectivity index (χ0n) is 14.1. The van der Waals surface area contributed by atoms with E-state index < -0.39 is 0 Å². The third kappa shape index (κ3) is 4.44. The topological polar surface area (TPSA) is 63.7 Å². The largest absolute Gasteiger partial charge is 0.497 e. The summed E-state index contributed by atoms with van der Waals surface area (Å²) >= 11 is 7.16. The Kier molecular flexibility index (Phi) is 5.60. The molecule has 2 aromatic carbocycles. The van der Waals surface area contributed by atoms with Gasteiger partial charge in [-0.15, -0.1) is 0 Å². The van der Waals surface area contributed by atoms with Crippen LogP contribution in [0.3, 0.4) is 0 Å². The standard InChI is InChI=1S/C18H16ClN3O3S/c1-22(13-6-8-14(24-2)9-7-13)18(23)21-17-20-11-16(26-17)25-15-5-3-4-12(19)10-15/h3-11H,1-2H3,(H,20,21,23). The van der Waals surface area contributed by atoms with Crippen LogP contribution in [0.2, 0.25) is 5.02 Å². The number of hydrogen-bond acceptors (Lipinski definition) is 5. The van der Waals surface area contributed by atoms with Crippen molar-refractivity contribution in [1.29, 1.82) is 0 Å². The molecule has 26 heavy (non-hydrogen) atoms. The van der Waals surface area contributed by atoms with E-state index in [4.69, 9.17) is 21.1 Å². The summed E-state index contributed by atoms with van der Waals surface area (Å²) in [6, 6.07) is 13.9. The summed E-state index contributed by atoms with van der Waals surface area (Å²) in [7, 11) is 3.27. The first kappa shape index (κ1) is 18.0. The van der Waals surface area contributed by atoms with Crippen LogP contribution in [0, 0.1) is 0 Å². The molecule has 0 bridgehead atoms. The Hall–Kier alpha value is -2.77. The van der Waals surface area contributed by atoms with Gasteiger partial charge in [-0.1, -0.05) is 29.0 Å². The molecule has 3 rings (SSSR count). The van der Waals surface area contributed by atoms with Gasteiger partial charge in [0.15, 0.2) is 5.13 Å². The predicted octanol–water partition coefficient (Wildman–Crippen LogP) is 5.27. The normalized spacial score (nSPS) is 10.3. The van der Waals surface area contributed by atoms with Crippen molar-refractivity contribution in [2.75, 3.05) is 24.4 Å². The van der Waals surface area contributed by atoms with Gasteiger partial charge in [0.25, 0.3) is 0 Å². The molecule has 0 aliphatic carbocycles. The highest BCUT2D eigenvalue weighted by Crippen LogP contribution is 2.31. The molecule has 6 nitrogen and oxygen atoms in total. The maximum atomic E-state index is 12.4. The number of hydrogen-bond donors (Lipinski definition) is 1. The lowest BCUT2D eigenvalue weighted by Gasteiger charge is -2.17. The molecular weight excluding hydrogens is 374 g/mol. The lowest BCUT2D eigenvalue weighted by molar-refractivity contribution is 0.258. The summed E-state index contributed by atoms with van der Waals surface area (Å²) in [4.78, 5) is 18.0. The number of carbonyl (C=O) groups is 1. The van der Waals surface area contributed by atoms with E-state index in [1.165, 1.54) is 16.2 Å². The molecule has 2 amide bonds. The number of carbonyl (C=O) groups excluding carboxylic acids is 1. The number of rotatable bonds is 5. The van der Waals surface area contributed by atoms with Gasteiger partial charge in [-0.25, -0.2) is 9.78 Å². The number of ether oxygens (including phenoxy) is 2. The van der Waals surface area contributed by atoms with Crippen LogP contribution in [-0.4, -0.2) is 25.2 Å². The summed E-state index contributed by atoms with van der Waals surface area (Å²) in [5.41, 5.74) is 0.732. The molecule has 134 valence electrons. The molecule has 8 heteroatoms. The summed E-state index contributed by atoms with van der Waals surface area (Å²) in [6.07, 6.45) is 1.55. The van der Waals surface area contributed by atoms with Crippen molar-refractivity contribution in [3.8, 4) is 16.6 Å². The van der Waals surface area contributed by atoms with Crippen molar-refractivity contribution < 1.29 is 14.3 Å². The maximum absolute atomic E-state index is 12.4. The lowest BCUT2D eigenvalue weighted by Crippen LogP contribution is -2.30. The summed E-state index contributed by atoms with van der Waals surface area (Å²) in [5.74, 6) is 1.33. The van der Waals surface area contributed by atoms with Crippen molar-refractivity contribution in [3.05, 3.63) is 59.8 Å². The highest BCUT2D eigenvalue weighted by Gasteiger charge is 2.14. The molecule has 1 N–H and O–H groups in total. The Labute approximate surface area is 160 Å². The Morgan fingerprint density at radius 1 is 1.19 bits per heavy atom. The van der Waals surface area contributed by atoms with Crippen LogP contribution in [0.1, 0.15) is 0 Å². The number of nitrogens with one attached hydrogen (secondary N) is 1. The van der Waals surface area contributed by atoms with Crippen LogP contribution < -0.4 is 19.7 Å². The molecule has 0 unspecified atom stereocenters. The highest BCUT2D eigenvalue weighted by molar-refractivity contribution is 7.17. The molecular formula is C18H16ClN3O3S. The second-order valence-corrected chi connectivity index (χ2v) is 6.66. The molecule has 0 saturated carbocycles. The number of thiazole rings is 1. The minimum absolute atomic E-state index is 0.307. The second-order valence-electron chi connectivity index (χ2n) is 5.23. The Morgan fingerprint density at radius 3 is 2.65 bits per heavy atom. The maximum Gasteiger partial charge on any atom is 0.327 e. The van der Waals surface area contributed by atoms with Crippen molar-refractivity contribution >= 4 is 39.8 Å². The molecule has 0 spiro atoms. The lowest BCUT2D eigenvalue weighted by atomic mass is 10.3. The van der Waals surface area contributed by atoms with Gasteiger partial charge in [0, 0.05) is 17.8 Å². The molecule has 1 heterocycles. The van der Waals surface area contributed by atoms with E-state index in [-0.39, 0.29) is 6.03 Å². The van der Waals surface area contributed by atoms with Crippen LogP contribution in [-0.2, 0) is 0 Å². The molecule has 0 atom stereocenters. The quantitative estimate of drug-likeness (QED) is 0.646.